The third kappa shape index (κ3) is 3.08. The van der Waals surface area contributed by atoms with E-state index in [9.17, 15) is 4.39 Å². The van der Waals surface area contributed by atoms with Gasteiger partial charge >= 0.3 is 0 Å². The van der Waals surface area contributed by atoms with Crippen molar-refractivity contribution >= 4 is 5.69 Å². The largest absolute Gasteiger partial charge is 0.368 e. The highest BCUT2D eigenvalue weighted by atomic mass is 19.1. The molecule has 2 aliphatic carbocycles. The number of para-hydroxylation sites is 1. The van der Waals surface area contributed by atoms with E-state index in [2.05, 4.69) is 4.90 Å². The average molecular weight is 262 g/mol. The zero-order chi connectivity index (χ0) is 13.4. The average Bonchev–Trinajstić information content (AvgIpc) is 3.23. The lowest BCUT2D eigenvalue weighted by Gasteiger charge is -2.28. The molecule has 3 heteroatoms. The molecule has 2 fully saturated rings. The van der Waals surface area contributed by atoms with Gasteiger partial charge in [-0.1, -0.05) is 12.1 Å². The van der Waals surface area contributed by atoms with Gasteiger partial charge in [0.1, 0.15) is 5.82 Å². The SMILES string of the molecule is C[C@@H](N)c1cccc(F)c1N(CC1CC1)CC1CC1. The van der Waals surface area contributed by atoms with Crippen LogP contribution >= 0.6 is 0 Å². The van der Waals surface area contributed by atoms with Crippen LogP contribution in [-0.4, -0.2) is 13.1 Å². The summed E-state index contributed by atoms with van der Waals surface area (Å²) >= 11 is 0. The molecule has 2 aliphatic rings. The normalized spacial score (nSPS) is 20.4. The summed E-state index contributed by atoms with van der Waals surface area (Å²) in [6.07, 6.45) is 5.18. The molecule has 0 radical (unpaired) electrons. The zero-order valence-electron chi connectivity index (χ0n) is 11.6. The first kappa shape index (κ1) is 12.9. The molecule has 0 heterocycles. The molecule has 2 nitrogen and oxygen atoms in total. The van der Waals surface area contributed by atoms with Crippen molar-refractivity contribution in [1.29, 1.82) is 0 Å². The van der Waals surface area contributed by atoms with Crippen LogP contribution in [0.2, 0.25) is 0 Å². The number of nitrogens with two attached hydrogens (primary N) is 1. The number of nitrogens with zero attached hydrogens (tertiary/aromatic N) is 1. The lowest BCUT2D eigenvalue weighted by atomic mass is 10.0. The summed E-state index contributed by atoms with van der Waals surface area (Å²) in [5, 5.41) is 0. The predicted molar refractivity (Wildman–Crippen MR) is 76.7 cm³/mol. The molecule has 1 aromatic carbocycles. The Morgan fingerprint density at radius 2 is 1.79 bits per heavy atom. The summed E-state index contributed by atoms with van der Waals surface area (Å²) < 4.78 is 14.3. The minimum Gasteiger partial charge on any atom is -0.368 e. The Kier molecular flexibility index (Phi) is 3.48. The molecule has 0 amide bonds. The molecule has 0 unspecified atom stereocenters. The smallest absolute Gasteiger partial charge is 0.146 e. The minimum absolute atomic E-state index is 0.115. The molecule has 0 saturated heterocycles. The highest BCUT2D eigenvalue weighted by Crippen LogP contribution is 2.38. The van der Waals surface area contributed by atoms with Crippen LogP contribution in [0, 0.1) is 17.7 Å². The fourth-order valence-electron chi connectivity index (χ4n) is 2.71. The quantitative estimate of drug-likeness (QED) is 0.850. The van der Waals surface area contributed by atoms with Gasteiger partial charge in [-0.3, -0.25) is 0 Å². The Balaban J connectivity index is 1.89. The van der Waals surface area contributed by atoms with E-state index in [0.717, 1.165) is 36.2 Å². The van der Waals surface area contributed by atoms with Gasteiger partial charge < -0.3 is 10.6 Å². The maximum Gasteiger partial charge on any atom is 0.146 e. The van der Waals surface area contributed by atoms with Gasteiger partial charge in [-0.2, -0.15) is 0 Å². The second-order valence-corrected chi connectivity index (χ2v) is 6.26. The first-order valence-electron chi connectivity index (χ1n) is 7.44. The molecule has 2 saturated carbocycles. The van der Waals surface area contributed by atoms with E-state index in [4.69, 9.17) is 5.73 Å². The van der Waals surface area contributed by atoms with Crippen molar-refractivity contribution < 1.29 is 4.39 Å². The summed E-state index contributed by atoms with van der Waals surface area (Å²) in [7, 11) is 0. The Bertz CT molecular complexity index is 436. The molecule has 0 bridgehead atoms. The van der Waals surface area contributed by atoms with Crippen LogP contribution in [0.1, 0.15) is 44.2 Å². The summed E-state index contributed by atoms with van der Waals surface area (Å²) in [4.78, 5) is 2.27. The van der Waals surface area contributed by atoms with Crippen molar-refractivity contribution in [2.75, 3.05) is 18.0 Å². The highest BCUT2D eigenvalue weighted by Gasteiger charge is 2.31. The molecule has 104 valence electrons. The second kappa shape index (κ2) is 5.12. The molecule has 1 aromatic rings. The van der Waals surface area contributed by atoms with Crippen molar-refractivity contribution in [2.24, 2.45) is 17.6 Å². The van der Waals surface area contributed by atoms with Crippen molar-refractivity contribution in [1.82, 2.24) is 0 Å². The number of halogens is 1. The van der Waals surface area contributed by atoms with Gasteiger partial charge in [-0.05, 0) is 56.1 Å². The van der Waals surface area contributed by atoms with Gasteiger partial charge in [-0.15, -0.1) is 0 Å². The molecule has 0 aromatic heterocycles. The fraction of sp³-hybridized carbons (Fsp3) is 0.625. The van der Waals surface area contributed by atoms with Gasteiger partial charge in [0.05, 0.1) is 5.69 Å². The van der Waals surface area contributed by atoms with Gasteiger partial charge in [0.25, 0.3) is 0 Å². The Morgan fingerprint density at radius 3 is 2.26 bits per heavy atom. The van der Waals surface area contributed by atoms with Crippen molar-refractivity contribution in [3.05, 3.63) is 29.6 Å². The molecule has 0 aliphatic heterocycles. The van der Waals surface area contributed by atoms with Gasteiger partial charge in [0.2, 0.25) is 0 Å². The second-order valence-electron chi connectivity index (χ2n) is 6.26. The van der Waals surface area contributed by atoms with Gasteiger partial charge in [-0.25, -0.2) is 4.39 Å². The number of benzene rings is 1. The van der Waals surface area contributed by atoms with Crippen LogP contribution in [0.25, 0.3) is 0 Å². The molecule has 3 rings (SSSR count). The summed E-state index contributed by atoms with van der Waals surface area (Å²) in [6, 6.07) is 5.18. The van der Waals surface area contributed by atoms with Crippen LogP contribution in [-0.2, 0) is 0 Å². The lowest BCUT2D eigenvalue weighted by molar-refractivity contribution is 0.595. The Hall–Kier alpha value is -1.09. The minimum atomic E-state index is -0.119. The van der Waals surface area contributed by atoms with E-state index in [1.54, 1.807) is 12.1 Å². The first-order chi connectivity index (χ1) is 9.15. The maximum absolute atomic E-state index is 14.3. The monoisotopic (exact) mass is 262 g/mol. The van der Waals surface area contributed by atoms with Crippen LogP contribution < -0.4 is 10.6 Å². The summed E-state index contributed by atoms with van der Waals surface area (Å²) in [5.41, 5.74) is 7.73. The zero-order valence-corrected chi connectivity index (χ0v) is 11.6. The number of rotatable bonds is 6. The van der Waals surface area contributed by atoms with E-state index < -0.39 is 0 Å². The van der Waals surface area contributed by atoms with Crippen LogP contribution in [0.15, 0.2) is 18.2 Å². The molecule has 2 N–H and O–H groups in total. The van der Waals surface area contributed by atoms with Crippen LogP contribution in [0.5, 0.6) is 0 Å². The van der Waals surface area contributed by atoms with Gasteiger partial charge in [0.15, 0.2) is 0 Å². The van der Waals surface area contributed by atoms with E-state index in [1.807, 2.05) is 13.0 Å². The van der Waals surface area contributed by atoms with E-state index in [-0.39, 0.29) is 11.9 Å². The van der Waals surface area contributed by atoms with E-state index in [1.165, 1.54) is 25.7 Å². The number of anilines is 1. The predicted octanol–water partition coefficient (Wildman–Crippen LogP) is 3.47. The first-order valence-corrected chi connectivity index (χ1v) is 7.44. The Labute approximate surface area is 114 Å². The molecule has 0 spiro atoms. The topological polar surface area (TPSA) is 29.3 Å². The fourth-order valence-corrected chi connectivity index (χ4v) is 2.71. The Morgan fingerprint density at radius 1 is 1.21 bits per heavy atom. The molecule has 19 heavy (non-hydrogen) atoms. The molecular formula is C16H23FN2. The number of hydrogen-bond acceptors (Lipinski definition) is 2. The number of hydrogen-bond donors (Lipinski definition) is 1. The van der Waals surface area contributed by atoms with Gasteiger partial charge in [0, 0.05) is 19.1 Å². The third-order valence-corrected chi connectivity index (χ3v) is 4.18. The lowest BCUT2D eigenvalue weighted by Crippen LogP contribution is -2.30. The van der Waals surface area contributed by atoms with Crippen LogP contribution in [0.4, 0.5) is 10.1 Å². The summed E-state index contributed by atoms with van der Waals surface area (Å²) in [5.74, 6) is 1.41. The third-order valence-electron chi connectivity index (χ3n) is 4.18. The van der Waals surface area contributed by atoms with Crippen LogP contribution in [0.3, 0.4) is 0 Å². The van der Waals surface area contributed by atoms with Crippen molar-refractivity contribution in [3.8, 4) is 0 Å². The molecular weight excluding hydrogens is 239 g/mol. The van der Waals surface area contributed by atoms with Crippen molar-refractivity contribution in [3.63, 3.8) is 0 Å². The van der Waals surface area contributed by atoms with Crippen molar-refractivity contribution in [2.45, 2.75) is 38.6 Å². The van der Waals surface area contributed by atoms with E-state index in [0.29, 0.717) is 0 Å². The maximum atomic E-state index is 14.3. The highest BCUT2D eigenvalue weighted by molar-refractivity contribution is 5.56. The standard InChI is InChI=1S/C16H23FN2/c1-11(18)14-3-2-4-15(17)16(14)19(9-12-5-6-12)10-13-7-8-13/h2-4,11-13H,5-10,18H2,1H3/t11-/m1/s1. The van der Waals surface area contributed by atoms with E-state index >= 15 is 0 Å². The summed E-state index contributed by atoms with van der Waals surface area (Å²) in [6.45, 7) is 3.93. The molecule has 1 atom stereocenters.